The number of carboxylic acid groups (broad SMARTS) is 1. The van der Waals surface area contributed by atoms with Crippen molar-refractivity contribution in [1.29, 1.82) is 0 Å². The number of benzene rings is 2. The Bertz CT molecular complexity index is 623. The minimum absolute atomic E-state index is 0.148. The van der Waals surface area contributed by atoms with E-state index in [1.807, 2.05) is 6.92 Å². The van der Waals surface area contributed by atoms with Crippen molar-refractivity contribution >= 4 is 21.9 Å². The lowest BCUT2D eigenvalue weighted by Gasteiger charge is -2.09. The maximum Gasteiger partial charge on any atom is 0.335 e. The second-order valence-corrected chi connectivity index (χ2v) is 4.87. The third kappa shape index (κ3) is 2.43. The van der Waals surface area contributed by atoms with E-state index >= 15 is 0 Å². The summed E-state index contributed by atoms with van der Waals surface area (Å²) >= 11 is 3.28. The lowest BCUT2D eigenvalue weighted by atomic mass is 9.98. The number of carboxylic acids is 1. The van der Waals surface area contributed by atoms with Crippen LogP contribution in [-0.4, -0.2) is 11.1 Å². The molecule has 0 bridgehead atoms. The van der Waals surface area contributed by atoms with Gasteiger partial charge in [0, 0.05) is 10.0 Å². The Morgan fingerprint density at radius 3 is 2.56 bits per heavy atom. The van der Waals surface area contributed by atoms with E-state index < -0.39 is 5.97 Å². The van der Waals surface area contributed by atoms with Crippen molar-refractivity contribution in [3.63, 3.8) is 0 Å². The van der Waals surface area contributed by atoms with Crippen molar-refractivity contribution in [2.24, 2.45) is 0 Å². The van der Waals surface area contributed by atoms with Crippen molar-refractivity contribution in [2.45, 2.75) is 6.92 Å². The molecule has 2 rings (SSSR count). The number of carbonyl (C=O) groups is 1. The van der Waals surface area contributed by atoms with Gasteiger partial charge in [-0.15, -0.1) is 0 Å². The van der Waals surface area contributed by atoms with E-state index in [4.69, 9.17) is 5.11 Å². The second-order valence-electron chi connectivity index (χ2n) is 3.96. The lowest BCUT2D eigenvalue weighted by molar-refractivity contribution is 0.0697. The fraction of sp³-hybridized carbons (Fsp3) is 0.0714. The average molecular weight is 309 g/mol. The fourth-order valence-corrected chi connectivity index (χ4v) is 2.11. The zero-order chi connectivity index (χ0) is 13.3. The third-order valence-corrected chi connectivity index (χ3v) is 3.20. The molecule has 2 aromatic rings. The molecule has 0 saturated carbocycles. The predicted molar refractivity (Wildman–Crippen MR) is 71.2 cm³/mol. The van der Waals surface area contributed by atoms with Crippen LogP contribution in [0.15, 0.2) is 40.9 Å². The summed E-state index contributed by atoms with van der Waals surface area (Å²) in [7, 11) is 0. The highest BCUT2D eigenvalue weighted by Crippen LogP contribution is 2.29. The van der Waals surface area contributed by atoms with Crippen molar-refractivity contribution in [2.75, 3.05) is 0 Å². The van der Waals surface area contributed by atoms with Gasteiger partial charge in [-0.05, 0) is 48.4 Å². The summed E-state index contributed by atoms with van der Waals surface area (Å²) in [4.78, 5) is 10.9. The Balaban J connectivity index is 2.66. The van der Waals surface area contributed by atoms with Gasteiger partial charge in [0.15, 0.2) is 0 Å². The summed E-state index contributed by atoms with van der Waals surface area (Å²) in [5, 5.41) is 8.97. The Labute approximate surface area is 112 Å². The molecule has 2 aromatic carbocycles. The Morgan fingerprint density at radius 1 is 1.17 bits per heavy atom. The molecule has 0 unspecified atom stereocenters. The van der Waals surface area contributed by atoms with Gasteiger partial charge < -0.3 is 5.11 Å². The first-order chi connectivity index (χ1) is 8.49. The van der Waals surface area contributed by atoms with Crippen molar-refractivity contribution in [3.8, 4) is 11.1 Å². The quantitative estimate of drug-likeness (QED) is 0.900. The molecule has 92 valence electrons. The van der Waals surface area contributed by atoms with E-state index in [2.05, 4.69) is 15.9 Å². The van der Waals surface area contributed by atoms with Crippen LogP contribution in [-0.2, 0) is 0 Å². The van der Waals surface area contributed by atoms with E-state index in [-0.39, 0.29) is 11.4 Å². The third-order valence-electron chi connectivity index (χ3n) is 2.70. The number of halogens is 2. The van der Waals surface area contributed by atoms with Crippen LogP contribution < -0.4 is 0 Å². The summed E-state index contributed by atoms with van der Waals surface area (Å²) < 4.78 is 14.5. The number of hydrogen-bond acceptors (Lipinski definition) is 1. The molecule has 0 aliphatic rings. The van der Waals surface area contributed by atoms with Crippen molar-refractivity contribution < 1.29 is 14.3 Å². The number of aromatic carboxylic acids is 1. The van der Waals surface area contributed by atoms with E-state index in [1.54, 1.807) is 18.2 Å². The van der Waals surface area contributed by atoms with Gasteiger partial charge in [-0.1, -0.05) is 22.0 Å². The maximum atomic E-state index is 13.8. The summed E-state index contributed by atoms with van der Waals surface area (Å²) in [6, 6.07) is 9.28. The summed E-state index contributed by atoms with van der Waals surface area (Å²) in [6.45, 7) is 1.82. The highest BCUT2D eigenvalue weighted by Gasteiger charge is 2.11. The molecular weight excluding hydrogens is 299 g/mol. The first kappa shape index (κ1) is 12.8. The molecule has 0 heterocycles. The summed E-state index contributed by atoms with van der Waals surface area (Å²) in [5.41, 5.74) is 1.96. The molecule has 0 spiro atoms. The highest BCUT2D eigenvalue weighted by molar-refractivity contribution is 9.10. The van der Waals surface area contributed by atoms with Crippen LogP contribution >= 0.6 is 15.9 Å². The molecule has 0 radical (unpaired) electrons. The first-order valence-corrected chi connectivity index (χ1v) is 6.07. The molecule has 4 heteroatoms. The number of aryl methyl sites for hydroxylation is 1. The van der Waals surface area contributed by atoms with Gasteiger partial charge in [-0.2, -0.15) is 0 Å². The van der Waals surface area contributed by atoms with Crippen LogP contribution in [0.5, 0.6) is 0 Å². The molecular formula is C14H10BrFO2. The number of hydrogen-bond donors (Lipinski definition) is 1. The molecule has 0 aliphatic carbocycles. The van der Waals surface area contributed by atoms with Gasteiger partial charge in [0.2, 0.25) is 0 Å². The average Bonchev–Trinajstić information content (AvgIpc) is 2.33. The van der Waals surface area contributed by atoms with Crippen LogP contribution in [0.3, 0.4) is 0 Å². The van der Waals surface area contributed by atoms with Crippen LogP contribution in [0.2, 0.25) is 0 Å². The topological polar surface area (TPSA) is 37.3 Å². The Hall–Kier alpha value is -1.68. The molecule has 0 saturated heterocycles. The molecule has 0 atom stereocenters. The van der Waals surface area contributed by atoms with Crippen LogP contribution in [0.25, 0.3) is 11.1 Å². The van der Waals surface area contributed by atoms with Crippen molar-refractivity contribution in [3.05, 3.63) is 57.8 Å². The second kappa shape index (κ2) is 4.90. The van der Waals surface area contributed by atoms with Gasteiger partial charge in [-0.25, -0.2) is 9.18 Å². The van der Waals surface area contributed by atoms with Crippen LogP contribution in [0, 0.1) is 12.7 Å². The van der Waals surface area contributed by atoms with Gasteiger partial charge in [0.05, 0.1) is 5.56 Å². The van der Waals surface area contributed by atoms with Gasteiger partial charge in [-0.3, -0.25) is 0 Å². The SMILES string of the molecule is Cc1ccc(C(=O)O)cc1-c1cc(Br)ccc1F. The highest BCUT2D eigenvalue weighted by atomic mass is 79.9. The van der Waals surface area contributed by atoms with E-state index in [1.165, 1.54) is 18.2 Å². The molecule has 0 aliphatic heterocycles. The van der Waals surface area contributed by atoms with Crippen molar-refractivity contribution in [1.82, 2.24) is 0 Å². The fourth-order valence-electron chi connectivity index (χ4n) is 1.75. The van der Waals surface area contributed by atoms with Gasteiger partial charge in [0.25, 0.3) is 0 Å². The van der Waals surface area contributed by atoms with Gasteiger partial charge >= 0.3 is 5.97 Å². The van der Waals surface area contributed by atoms with Gasteiger partial charge in [0.1, 0.15) is 5.82 Å². The number of rotatable bonds is 2. The van der Waals surface area contributed by atoms with Crippen LogP contribution in [0.1, 0.15) is 15.9 Å². The summed E-state index contributed by atoms with van der Waals surface area (Å²) in [6.07, 6.45) is 0. The standard InChI is InChI=1S/C14H10BrFO2/c1-8-2-3-9(14(17)18)6-11(8)12-7-10(15)4-5-13(12)16/h2-7H,1H3,(H,17,18). The lowest BCUT2D eigenvalue weighted by Crippen LogP contribution is -1.98. The first-order valence-electron chi connectivity index (χ1n) is 5.28. The monoisotopic (exact) mass is 308 g/mol. The maximum absolute atomic E-state index is 13.8. The zero-order valence-corrected chi connectivity index (χ0v) is 11.2. The van der Waals surface area contributed by atoms with E-state index in [0.717, 1.165) is 10.0 Å². The van der Waals surface area contributed by atoms with Crippen LogP contribution in [0.4, 0.5) is 4.39 Å². The Kier molecular flexibility index (Phi) is 3.48. The minimum atomic E-state index is -1.02. The molecule has 2 nitrogen and oxygen atoms in total. The molecule has 0 amide bonds. The Morgan fingerprint density at radius 2 is 1.89 bits per heavy atom. The smallest absolute Gasteiger partial charge is 0.335 e. The normalized spacial score (nSPS) is 10.4. The zero-order valence-electron chi connectivity index (χ0n) is 9.58. The van der Waals surface area contributed by atoms with E-state index in [9.17, 15) is 9.18 Å². The molecule has 1 N–H and O–H groups in total. The molecule has 0 aromatic heterocycles. The van der Waals surface area contributed by atoms with E-state index in [0.29, 0.717) is 11.1 Å². The largest absolute Gasteiger partial charge is 0.478 e. The minimum Gasteiger partial charge on any atom is -0.478 e. The molecule has 18 heavy (non-hydrogen) atoms. The predicted octanol–water partition coefficient (Wildman–Crippen LogP) is 4.26. The molecule has 0 fully saturated rings. The summed E-state index contributed by atoms with van der Waals surface area (Å²) in [5.74, 6) is -1.39.